The second-order valence-electron chi connectivity index (χ2n) is 4.97. The second kappa shape index (κ2) is 5.83. The normalized spacial score (nSPS) is 17.9. The van der Waals surface area contributed by atoms with E-state index in [-0.39, 0.29) is 11.9 Å². The number of benzene rings is 1. The fourth-order valence-corrected chi connectivity index (χ4v) is 2.27. The molecule has 1 unspecified atom stereocenters. The molecule has 1 amide bonds. The number of nitrogens with one attached hydrogen (secondary N) is 2. The van der Waals surface area contributed by atoms with Crippen LogP contribution in [-0.2, 0) is 4.79 Å². The molecule has 2 atom stereocenters. The Morgan fingerprint density at radius 2 is 2.14 bits per heavy atom. The predicted molar refractivity (Wildman–Crippen MR) is 80.1 cm³/mol. The van der Waals surface area contributed by atoms with Crippen molar-refractivity contribution in [2.75, 3.05) is 11.9 Å². The minimum atomic E-state index is -0.536. The third-order valence-corrected chi connectivity index (χ3v) is 3.42. The number of pyridine rings is 1. The highest BCUT2D eigenvalue weighted by Gasteiger charge is 2.26. The Morgan fingerprint density at radius 3 is 2.95 bits per heavy atom. The lowest BCUT2D eigenvalue weighted by Gasteiger charge is -2.27. The first-order valence-electron chi connectivity index (χ1n) is 6.95. The molecule has 3 rings (SSSR count). The van der Waals surface area contributed by atoms with Crippen LogP contribution in [0.2, 0.25) is 0 Å². The first-order valence-corrected chi connectivity index (χ1v) is 6.95. The summed E-state index contributed by atoms with van der Waals surface area (Å²) in [6.45, 7) is 2.36. The molecule has 108 valence electrons. The van der Waals surface area contributed by atoms with Crippen LogP contribution in [0.5, 0.6) is 5.75 Å². The molecule has 0 saturated heterocycles. The molecular formula is C16H17N3O2. The minimum absolute atomic E-state index is 0.143. The van der Waals surface area contributed by atoms with Gasteiger partial charge in [0.2, 0.25) is 0 Å². The summed E-state index contributed by atoms with van der Waals surface area (Å²) in [6, 6.07) is 13.1. The zero-order valence-electron chi connectivity index (χ0n) is 11.7. The van der Waals surface area contributed by atoms with Gasteiger partial charge in [0.05, 0.1) is 24.0 Å². The third-order valence-electron chi connectivity index (χ3n) is 3.42. The van der Waals surface area contributed by atoms with E-state index in [1.54, 1.807) is 6.20 Å². The van der Waals surface area contributed by atoms with Crippen LogP contribution < -0.4 is 15.4 Å². The van der Waals surface area contributed by atoms with Gasteiger partial charge in [-0.15, -0.1) is 0 Å². The fraction of sp³-hybridized carbons (Fsp3) is 0.250. The van der Waals surface area contributed by atoms with Crippen molar-refractivity contribution in [3.63, 3.8) is 0 Å². The molecule has 0 spiro atoms. The number of para-hydroxylation sites is 2. The fourth-order valence-electron chi connectivity index (χ4n) is 2.27. The van der Waals surface area contributed by atoms with Gasteiger partial charge in [-0.25, -0.2) is 0 Å². The number of amides is 1. The lowest BCUT2D eigenvalue weighted by molar-refractivity contribution is -0.128. The quantitative estimate of drug-likeness (QED) is 0.906. The maximum Gasteiger partial charge on any atom is 0.263 e. The number of carbonyl (C=O) groups is 1. The van der Waals surface area contributed by atoms with E-state index in [0.717, 1.165) is 11.4 Å². The Kier molecular flexibility index (Phi) is 3.73. The molecule has 2 heterocycles. The van der Waals surface area contributed by atoms with E-state index in [9.17, 15) is 4.79 Å². The van der Waals surface area contributed by atoms with Crippen molar-refractivity contribution in [1.82, 2.24) is 10.3 Å². The van der Waals surface area contributed by atoms with E-state index in [0.29, 0.717) is 12.3 Å². The lowest BCUT2D eigenvalue weighted by atomic mass is 10.2. The highest BCUT2D eigenvalue weighted by molar-refractivity contribution is 5.83. The first-order chi connectivity index (χ1) is 10.2. The number of hydrogen-bond acceptors (Lipinski definition) is 4. The number of aromatic nitrogens is 1. The molecule has 0 fully saturated rings. The predicted octanol–water partition coefficient (Wildman–Crippen LogP) is 2.13. The maximum atomic E-state index is 12.3. The molecule has 2 aromatic rings. The summed E-state index contributed by atoms with van der Waals surface area (Å²) in [4.78, 5) is 16.5. The third kappa shape index (κ3) is 2.97. The number of fused-ring (bicyclic) bond motifs is 1. The van der Waals surface area contributed by atoms with E-state index in [2.05, 4.69) is 15.6 Å². The molecule has 2 N–H and O–H groups in total. The molecule has 0 aliphatic carbocycles. The Balaban J connectivity index is 1.65. The van der Waals surface area contributed by atoms with E-state index in [1.807, 2.05) is 49.4 Å². The monoisotopic (exact) mass is 283 g/mol. The molecule has 0 bridgehead atoms. The summed E-state index contributed by atoms with van der Waals surface area (Å²) in [5.41, 5.74) is 1.74. The molecule has 1 aromatic carbocycles. The number of nitrogens with zero attached hydrogens (tertiary/aromatic N) is 1. The molecule has 5 nitrogen and oxygen atoms in total. The molecule has 1 aliphatic heterocycles. The van der Waals surface area contributed by atoms with Crippen LogP contribution in [0.1, 0.15) is 18.7 Å². The second-order valence-corrected chi connectivity index (χ2v) is 4.97. The Morgan fingerprint density at radius 1 is 1.33 bits per heavy atom. The van der Waals surface area contributed by atoms with Gasteiger partial charge in [0.1, 0.15) is 5.75 Å². The molecule has 5 heteroatoms. The summed E-state index contributed by atoms with van der Waals surface area (Å²) in [5.74, 6) is 0.560. The van der Waals surface area contributed by atoms with Crippen molar-refractivity contribution >= 4 is 11.6 Å². The zero-order chi connectivity index (χ0) is 14.7. The van der Waals surface area contributed by atoms with Crippen LogP contribution in [0.4, 0.5) is 5.69 Å². The standard InChI is InChI=1S/C16H17N3O2/c1-11(12-6-4-5-9-17-12)19-16(20)15-10-18-13-7-2-3-8-14(13)21-15/h2-9,11,15,18H,10H2,1H3,(H,19,20)/t11-,15?/m1/s1. The van der Waals surface area contributed by atoms with Gasteiger partial charge in [0.15, 0.2) is 6.10 Å². The summed E-state index contributed by atoms with van der Waals surface area (Å²) in [7, 11) is 0. The summed E-state index contributed by atoms with van der Waals surface area (Å²) in [5, 5.41) is 6.14. The molecule has 1 aliphatic rings. The van der Waals surface area contributed by atoms with Gasteiger partial charge in [0, 0.05) is 6.20 Å². The average molecular weight is 283 g/mol. The van der Waals surface area contributed by atoms with Gasteiger partial charge in [-0.2, -0.15) is 0 Å². The Labute approximate surface area is 123 Å². The van der Waals surface area contributed by atoms with E-state index in [1.165, 1.54) is 0 Å². The zero-order valence-corrected chi connectivity index (χ0v) is 11.7. The van der Waals surface area contributed by atoms with Crippen LogP contribution in [-0.4, -0.2) is 23.5 Å². The van der Waals surface area contributed by atoms with Gasteiger partial charge < -0.3 is 15.4 Å². The van der Waals surface area contributed by atoms with Crippen LogP contribution in [0.25, 0.3) is 0 Å². The SMILES string of the molecule is C[C@@H](NC(=O)C1CNc2ccccc2O1)c1ccccn1. The number of carbonyl (C=O) groups excluding carboxylic acids is 1. The number of ether oxygens (including phenoxy) is 1. The van der Waals surface area contributed by atoms with Crippen molar-refractivity contribution in [3.05, 3.63) is 54.4 Å². The van der Waals surface area contributed by atoms with Gasteiger partial charge >= 0.3 is 0 Å². The molecule has 1 aromatic heterocycles. The molecule has 0 radical (unpaired) electrons. The molecular weight excluding hydrogens is 266 g/mol. The number of rotatable bonds is 3. The topological polar surface area (TPSA) is 63.2 Å². The van der Waals surface area contributed by atoms with Crippen molar-refractivity contribution in [3.8, 4) is 5.75 Å². The van der Waals surface area contributed by atoms with Crippen molar-refractivity contribution < 1.29 is 9.53 Å². The highest BCUT2D eigenvalue weighted by Crippen LogP contribution is 2.28. The highest BCUT2D eigenvalue weighted by atomic mass is 16.5. The van der Waals surface area contributed by atoms with E-state index < -0.39 is 6.10 Å². The van der Waals surface area contributed by atoms with Crippen LogP contribution in [0.3, 0.4) is 0 Å². The van der Waals surface area contributed by atoms with Crippen LogP contribution >= 0.6 is 0 Å². The van der Waals surface area contributed by atoms with Crippen molar-refractivity contribution in [2.45, 2.75) is 19.1 Å². The van der Waals surface area contributed by atoms with Gasteiger partial charge in [-0.3, -0.25) is 9.78 Å². The lowest BCUT2D eigenvalue weighted by Crippen LogP contribution is -2.45. The van der Waals surface area contributed by atoms with Crippen molar-refractivity contribution in [1.29, 1.82) is 0 Å². The number of hydrogen-bond donors (Lipinski definition) is 2. The van der Waals surface area contributed by atoms with E-state index >= 15 is 0 Å². The smallest absolute Gasteiger partial charge is 0.263 e. The maximum absolute atomic E-state index is 12.3. The van der Waals surface area contributed by atoms with Gasteiger partial charge in [0.25, 0.3) is 5.91 Å². The average Bonchev–Trinajstić information content (AvgIpc) is 2.55. The van der Waals surface area contributed by atoms with Crippen molar-refractivity contribution in [2.24, 2.45) is 0 Å². The molecule has 21 heavy (non-hydrogen) atoms. The van der Waals surface area contributed by atoms with Crippen LogP contribution in [0.15, 0.2) is 48.7 Å². The summed E-state index contributed by atoms with van der Waals surface area (Å²) in [6.07, 6.45) is 1.18. The number of anilines is 1. The Hall–Kier alpha value is -2.56. The van der Waals surface area contributed by atoms with Crippen LogP contribution in [0, 0.1) is 0 Å². The molecule has 0 saturated carbocycles. The van der Waals surface area contributed by atoms with Gasteiger partial charge in [-0.05, 0) is 31.2 Å². The summed E-state index contributed by atoms with van der Waals surface area (Å²) >= 11 is 0. The largest absolute Gasteiger partial charge is 0.477 e. The summed E-state index contributed by atoms with van der Waals surface area (Å²) < 4.78 is 5.74. The van der Waals surface area contributed by atoms with Gasteiger partial charge in [-0.1, -0.05) is 18.2 Å². The Bertz CT molecular complexity index is 630. The first kappa shape index (κ1) is 13.4. The minimum Gasteiger partial charge on any atom is -0.477 e. The van der Waals surface area contributed by atoms with E-state index in [4.69, 9.17) is 4.74 Å².